The van der Waals surface area contributed by atoms with Gasteiger partial charge in [-0.2, -0.15) is 0 Å². The minimum absolute atomic E-state index is 0.0916. The zero-order valence-corrected chi connectivity index (χ0v) is 19.5. The molecule has 6 heteroatoms. The van der Waals surface area contributed by atoms with Crippen molar-refractivity contribution in [3.05, 3.63) is 77.1 Å². The van der Waals surface area contributed by atoms with E-state index in [1.807, 2.05) is 44.2 Å². The van der Waals surface area contributed by atoms with Gasteiger partial charge in [-0.25, -0.2) is 9.78 Å². The van der Waals surface area contributed by atoms with Crippen LogP contribution in [0.4, 0.5) is 5.69 Å². The summed E-state index contributed by atoms with van der Waals surface area (Å²) in [6, 6.07) is 16.1. The van der Waals surface area contributed by atoms with Crippen molar-refractivity contribution in [3.63, 3.8) is 0 Å². The number of hydrogen-bond donors (Lipinski definition) is 2. The number of benzene rings is 2. The van der Waals surface area contributed by atoms with E-state index in [-0.39, 0.29) is 19.1 Å². The fourth-order valence-corrected chi connectivity index (χ4v) is 4.43. The first-order valence-corrected chi connectivity index (χ1v) is 11.4. The highest BCUT2D eigenvalue weighted by atomic mass is 16.5. The van der Waals surface area contributed by atoms with Crippen LogP contribution in [-0.4, -0.2) is 34.9 Å². The lowest BCUT2D eigenvalue weighted by molar-refractivity contribution is -0.138. The molecule has 1 aliphatic heterocycles. The number of hydrogen-bond acceptors (Lipinski definition) is 6. The number of esters is 1. The number of aromatic nitrogens is 1. The number of aliphatic hydroxyl groups excluding tert-OH is 1. The van der Waals surface area contributed by atoms with Gasteiger partial charge >= 0.3 is 5.97 Å². The Morgan fingerprint density at radius 2 is 1.88 bits per heavy atom. The average molecular weight is 447 g/mol. The molecule has 1 aromatic heterocycles. The van der Waals surface area contributed by atoms with Crippen molar-refractivity contribution in [2.75, 3.05) is 11.9 Å². The van der Waals surface area contributed by atoms with E-state index in [2.05, 4.69) is 28.5 Å². The van der Waals surface area contributed by atoms with Gasteiger partial charge in [0.05, 0.1) is 30.3 Å². The smallest absolute Gasteiger partial charge is 0.336 e. The van der Waals surface area contributed by atoms with Crippen LogP contribution < -0.4 is 10.1 Å². The van der Waals surface area contributed by atoms with E-state index in [0.29, 0.717) is 17.2 Å². The van der Waals surface area contributed by atoms with Crippen LogP contribution in [0.3, 0.4) is 0 Å². The van der Waals surface area contributed by atoms with Crippen molar-refractivity contribution >= 4 is 22.4 Å². The number of fused-ring (bicyclic) bond motifs is 2. The first kappa shape index (κ1) is 22.8. The third-order valence-corrected chi connectivity index (χ3v) is 5.62. The first-order chi connectivity index (χ1) is 15.9. The number of ether oxygens (including phenoxy) is 2. The van der Waals surface area contributed by atoms with E-state index in [4.69, 9.17) is 9.47 Å². The number of nitrogens with zero attached hydrogens (tertiary/aromatic N) is 1. The van der Waals surface area contributed by atoms with E-state index < -0.39 is 18.0 Å². The van der Waals surface area contributed by atoms with E-state index in [1.165, 1.54) is 0 Å². The summed E-state index contributed by atoms with van der Waals surface area (Å²) in [5.41, 5.74) is 3.68. The average Bonchev–Trinajstić information content (AvgIpc) is 2.77. The van der Waals surface area contributed by atoms with Gasteiger partial charge in [0.15, 0.2) is 0 Å². The molecule has 2 heterocycles. The van der Waals surface area contributed by atoms with Crippen LogP contribution in [-0.2, 0) is 9.53 Å². The fraction of sp³-hybridized carbons (Fsp3) is 0.333. The van der Waals surface area contributed by atoms with Gasteiger partial charge < -0.3 is 19.9 Å². The summed E-state index contributed by atoms with van der Waals surface area (Å²) >= 11 is 0. The van der Waals surface area contributed by atoms with E-state index in [1.54, 1.807) is 20.0 Å². The van der Waals surface area contributed by atoms with Crippen LogP contribution in [0.1, 0.15) is 51.2 Å². The van der Waals surface area contributed by atoms with Crippen LogP contribution in [0.2, 0.25) is 0 Å². The van der Waals surface area contributed by atoms with Crippen LogP contribution in [0.25, 0.3) is 10.8 Å². The third-order valence-electron chi connectivity index (χ3n) is 5.62. The monoisotopic (exact) mass is 446 g/mol. The molecule has 2 atom stereocenters. The van der Waals surface area contributed by atoms with Crippen molar-refractivity contribution in [2.24, 2.45) is 0 Å². The second-order valence-electron chi connectivity index (χ2n) is 8.54. The molecule has 0 bridgehead atoms. The number of aliphatic hydroxyl groups is 1. The van der Waals surface area contributed by atoms with Gasteiger partial charge in [-0.15, -0.1) is 0 Å². The Kier molecular flexibility index (Phi) is 6.65. The third kappa shape index (κ3) is 4.57. The number of carbonyl (C=O) groups is 1. The van der Waals surface area contributed by atoms with E-state index in [9.17, 15) is 9.90 Å². The molecule has 0 spiro atoms. The van der Waals surface area contributed by atoms with Crippen molar-refractivity contribution in [3.8, 4) is 5.88 Å². The van der Waals surface area contributed by atoms with Crippen molar-refractivity contribution in [1.82, 2.24) is 4.98 Å². The Labute approximate surface area is 194 Å². The van der Waals surface area contributed by atoms with Gasteiger partial charge in [0, 0.05) is 29.6 Å². The van der Waals surface area contributed by atoms with E-state index >= 15 is 0 Å². The highest BCUT2D eigenvalue weighted by Gasteiger charge is 2.38. The Morgan fingerprint density at radius 3 is 2.61 bits per heavy atom. The number of rotatable bonds is 7. The number of pyridine rings is 1. The maximum Gasteiger partial charge on any atom is 0.336 e. The highest BCUT2D eigenvalue weighted by Crippen LogP contribution is 2.48. The summed E-state index contributed by atoms with van der Waals surface area (Å²) < 4.78 is 11.6. The lowest BCUT2D eigenvalue weighted by atomic mass is 9.78. The molecule has 0 amide bonds. The zero-order chi connectivity index (χ0) is 23.5. The molecule has 6 nitrogen and oxygen atoms in total. The van der Waals surface area contributed by atoms with Gasteiger partial charge in [0.1, 0.15) is 0 Å². The van der Waals surface area contributed by atoms with Gasteiger partial charge in [-0.3, -0.25) is 0 Å². The topological polar surface area (TPSA) is 80.7 Å². The molecule has 2 N–H and O–H groups in total. The SMILES string of the molecule is CCOC(=O)C1=C(CC(C)O)Nc2ccnc(OC(C)C)c2C1c1cccc2ccccc12. The summed E-state index contributed by atoms with van der Waals surface area (Å²) in [7, 11) is 0. The molecular weight excluding hydrogens is 416 g/mol. The standard InChI is InChI=1S/C27H30N2O4/c1-5-32-27(31)25-22(15-17(4)30)29-21-13-14-28-26(33-16(2)3)24(21)23(25)20-12-8-10-18-9-6-7-11-19(18)20/h6-14,16-17,23,29-30H,5,15H2,1-4H3. The van der Waals surface area contributed by atoms with Crippen LogP contribution in [0.15, 0.2) is 66.0 Å². The predicted molar refractivity (Wildman–Crippen MR) is 129 cm³/mol. The molecule has 4 rings (SSSR count). The summed E-state index contributed by atoms with van der Waals surface area (Å²) in [5.74, 6) is -0.406. The molecule has 1 aliphatic rings. The Bertz CT molecular complexity index is 1190. The Morgan fingerprint density at radius 1 is 1.12 bits per heavy atom. The lowest BCUT2D eigenvalue weighted by Crippen LogP contribution is -2.28. The molecule has 2 unspecified atom stereocenters. The number of anilines is 1. The molecular formula is C27H30N2O4. The zero-order valence-electron chi connectivity index (χ0n) is 19.5. The minimum Gasteiger partial charge on any atom is -0.475 e. The molecule has 33 heavy (non-hydrogen) atoms. The Balaban J connectivity index is 2.05. The lowest BCUT2D eigenvalue weighted by Gasteiger charge is -2.33. The predicted octanol–water partition coefficient (Wildman–Crippen LogP) is 5.17. The molecule has 0 radical (unpaired) electrons. The van der Waals surface area contributed by atoms with Gasteiger partial charge in [0.25, 0.3) is 0 Å². The van der Waals surface area contributed by atoms with E-state index in [0.717, 1.165) is 27.6 Å². The van der Waals surface area contributed by atoms with Crippen LogP contribution in [0.5, 0.6) is 5.88 Å². The van der Waals surface area contributed by atoms with Gasteiger partial charge in [0.2, 0.25) is 5.88 Å². The van der Waals surface area contributed by atoms with Crippen LogP contribution >= 0.6 is 0 Å². The second-order valence-corrected chi connectivity index (χ2v) is 8.54. The maximum absolute atomic E-state index is 13.4. The quantitative estimate of drug-likeness (QED) is 0.488. The van der Waals surface area contributed by atoms with Crippen molar-refractivity contribution in [1.29, 1.82) is 0 Å². The Hall–Kier alpha value is -3.38. The molecule has 0 aliphatic carbocycles. The summed E-state index contributed by atoms with van der Waals surface area (Å²) in [6.45, 7) is 7.65. The molecule has 0 saturated heterocycles. The second kappa shape index (κ2) is 9.63. The number of nitrogens with one attached hydrogen (secondary N) is 1. The van der Waals surface area contributed by atoms with Crippen molar-refractivity contribution in [2.45, 2.75) is 52.2 Å². The molecule has 0 saturated carbocycles. The highest BCUT2D eigenvalue weighted by molar-refractivity contribution is 5.97. The molecule has 172 valence electrons. The van der Waals surface area contributed by atoms with Gasteiger partial charge in [-0.1, -0.05) is 42.5 Å². The molecule has 3 aromatic rings. The number of carbonyl (C=O) groups excluding carboxylic acids is 1. The van der Waals surface area contributed by atoms with Crippen LogP contribution in [0, 0.1) is 0 Å². The molecule has 0 fully saturated rings. The molecule has 2 aromatic carbocycles. The maximum atomic E-state index is 13.4. The first-order valence-electron chi connectivity index (χ1n) is 11.4. The summed E-state index contributed by atoms with van der Waals surface area (Å²) in [6.07, 6.45) is 1.25. The van der Waals surface area contributed by atoms with Gasteiger partial charge in [-0.05, 0) is 50.1 Å². The summed E-state index contributed by atoms with van der Waals surface area (Å²) in [5, 5.41) is 15.7. The largest absolute Gasteiger partial charge is 0.475 e. The minimum atomic E-state index is -0.639. The van der Waals surface area contributed by atoms with Crippen molar-refractivity contribution < 1.29 is 19.4 Å². The fourth-order valence-electron chi connectivity index (χ4n) is 4.43. The summed E-state index contributed by atoms with van der Waals surface area (Å²) in [4.78, 5) is 17.9. The normalized spacial score (nSPS) is 16.4.